The highest BCUT2D eigenvalue weighted by atomic mass is 79.9. The minimum Gasteiger partial charge on any atom is -0.492 e. The SMILES string of the molecule is CCOc1ccccc1NC(=O)C(=O)N/N=C/c1cc(Br)c(OCc2ccc(F)cc2)c(OCC)c1. The number of hydrazone groups is 1. The molecule has 10 heteroatoms. The number of ether oxygens (including phenoxy) is 3. The Labute approximate surface area is 216 Å². The van der Waals surface area contributed by atoms with Crippen LogP contribution in [0.1, 0.15) is 25.0 Å². The Morgan fingerprint density at radius 3 is 2.36 bits per heavy atom. The van der Waals surface area contributed by atoms with Gasteiger partial charge in [-0.2, -0.15) is 5.10 Å². The fourth-order valence-electron chi connectivity index (χ4n) is 3.05. The van der Waals surface area contributed by atoms with Crippen LogP contribution >= 0.6 is 15.9 Å². The number of carbonyl (C=O) groups excluding carboxylic acids is 2. The largest absolute Gasteiger partial charge is 0.492 e. The second-order valence-corrected chi connectivity index (χ2v) is 8.11. The summed E-state index contributed by atoms with van der Waals surface area (Å²) in [6.07, 6.45) is 1.37. The first kappa shape index (κ1) is 26.7. The second-order valence-electron chi connectivity index (χ2n) is 7.26. The normalized spacial score (nSPS) is 10.7. The Bertz CT molecular complexity index is 1230. The summed E-state index contributed by atoms with van der Waals surface area (Å²) in [4.78, 5) is 24.4. The Morgan fingerprint density at radius 2 is 1.64 bits per heavy atom. The average molecular weight is 558 g/mol. The van der Waals surface area contributed by atoms with Gasteiger partial charge in [0.15, 0.2) is 11.5 Å². The van der Waals surface area contributed by atoms with E-state index >= 15 is 0 Å². The molecule has 0 spiro atoms. The van der Waals surface area contributed by atoms with Gasteiger partial charge in [-0.15, -0.1) is 0 Å². The van der Waals surface area contributed by atoms with E-state index in [0.717, 1.165) is 5.56 Å². The molecule has 0 radical (unpaired) electrons. The molecule has 8 nitrogen and oxygen atoms in total. The van der Waals surface area contributed by atoms with Crippen molar-refractivity contribution in [2.24, 2.45) is 5.10 Å². The van der Waals surface area contributed by atoms with Crippen LogP contribution in [0.25, 0.3) is 0 Å². The fourth-order valence-corrected chi connectivity index (χ4v) is 3.62. The summed E-state index contributed by atoms with van der Waals surface area (Å²) in [6, 6.07) is 16.2. The van der Waals surface area contributed by atoms with Crippen molar-refractivity contribution in [2.75, 3.05) is 18.5 Å². The minimum absolute atomic E-state index is 0.212. The van der Waals surface area contributed by atoms with Gasteiger partial charge in [0.25, 0.3) is 0 Å². The Hall–Kier alpha value is -3.92. The molecule has 0 aliphatic carbocycles. The molecule has 0 saturated carbocycles. The third-order valence-corrected chi connectivity index (χ3v) is 5.24. The summed E-state index contributed by atoms with van der Waals surface area (Å²) in [7, 11) is 0. The smallest absolute Gasteiger partial charge is 0.329 e. The van der Waals surface area contributed by atoms with E-state index in [1.54, 1.807) is 48.5 Å². The van der Waals surface area contributed by atoms with Crippen LogP contribution in [0, 0.1) is 5.82 Å². The first-order chi connectivity index (χ1) is 17.4. The maximum atomic E-state index is 13.1. The van der Waals surface area contributed by atoms with Gasteiger partial charge in [0, 0.05) is 0 Å². The summed E-state index contributed by atoms with van der Waals surface area (Å²) in [6.45, 7) is 4.67. The number of halogens is 2. The number of carbonyl (C=O) groups is 2. The van der Waals surface area contributed by atoms with E-state index in [9.17, 15) is 14.0 Å². The first-order valence-electron chi connectivity index (χ1n) is 11.1. The highest BCUT2D eigenvalue weighted by molar-refractivity contribution is 9.10. The van der Waals surface area contributed by atoms with Crippen LogP contribution < -0.4 is 25.0 Å². The molecule has 0 aliphatic rings. The predicted octanol–water partition coefficient (Wildman–Crippen LogP) is 5.05. The topological polar surface area (TPSA) is 98.2 Å². The average Bonchev–Trinajstić information content (AvgIpc) is 2.86. The summed E-state index contributed by atoms with van der Waals surface area (Å²) in [5.41, 5.74) is 3.96. The van der Waals surface area contributed by atoms with Gasteiger partial charge in [0.1, 0.15) is 18.2 Å². The van der Waals surface area contributed by atoms with Crippen molar-refractivity contribution in [1.82, 2.24) is 5.43 Å². The molecule has 0 aliphatic heterocycles. The van der Waals surface area contributed by atoms with Gasteiger partial charge in [0.2, 0.25) is 0 Å². The van der Waals surface area contributed by atoms with Crippen molar-refractivity contribution in [3.8, 4) is 17.2 Å². The number of anilines is 1. The Balaban J connectivity index is 1.64. The van der Waals surface area contributed by atoms with Crippen LogP contribution in [-0.4, -0.2) is 31.2 Å². The van der Waals surface area contributed by atoms with Crippen molar-refractivity contribution >= 4 is 39.6 Å². The fraction of sp³-hybridized carbons (Fsp3) is 0.192. The van der Waals surface area contributed by atoms with E-state index in [4.69, 9.17) is 14.2 Å². The summed E-state index contributed by atoms with van der Waals surface area (Å²) in [5, 5.41) is 6.37. The maximum Gasteiger partial charge on any atom is 0.329 e. The molecule has 0 bridgehead atoms. The lowest BCUT2D eigenvalue weighted by atomic mass is 10.2. The van der Waals surface area contributed by atoms with Crippen molar-refractivity contribution in [3.05, 3.63) is 82.1 Å². The van der Waals surface area contributed by atoms with Crippen LogP contribution in [0.15, 0.2) is 70.2 Å². The van der Waals surface area contributed by atoms with E-state index in [0.29, 0.717) is 46.2 Å². The number of nitrogens with one attached hydrogen (secondary N) is 2. The van der Waals surface area contributed by atoms with Crippen molar-refractivity contribution < 1.29 is 28.2 Å². The monoisotopic (exact) mass is 557 g/mol. The Kier molecular flexibility index (Phi) is 9.82. The highest BCUT2D eigenvalue weighted by Gasteiger charge is 2.16. The quantitative estimate of drug-likeness (QED) is 0.206. The molecule has 0 unspecified atom stereocenters. The van der Waals surface area contributed by atoms with Crippen LogP contribution in [0.2, 0.25) is 0 Å². The zero-order valence-electron chi connectivity index (χ0n) is 19.7. The molecule has 3 aromatic rings. The number of amides is 2. The molecule has 0 atom stereocenters. The number of hydrogen-bond acceptors (Lipinski definition) is 6. The van der Waals surface area contributed by atoms with Crippen LogP contribution in [-0.2, 0) is 16.2 Å². The third kappa shape index (κ3) is 7.54. The van der Waals surface area contributed by atoms with Crippen LogP contribution in [0.3, 0.4) is 0 Å². The lowest BCUT2D eigenvalue weighted by Gasteiger charge is -2.14. The number of nitrogens with zero attached hydrogens (tertiary/aromatic N) is 1. The number of benzene rings is 3. The van der Waals surface area contributed by atoms with Gasteiger partial charge in [-0.05, 0) is 77.3 Å². The van der Waals surface area contributed by atoms with Gasteiger partial charge in [-0.25, -0.2) is 9.82 Å². The molecule has 2 amide bonds. The van der Waals surface area contributed by atoms with Gasteiger partial charge in [-0.3, -0.25) is 9.59 Å². The van der Waals surface area contributed by atoms with E-state index in [-0.39, 0.29) is 12.4 Å². The van der Waals surface area contributed by atoms with Gasteiger partial charge < -0.3 is 19.5 Å². The molecule has 3 aromatic carbocycles. The molecule has 0 heterocycles. The van der Waals surface area contributed by atoms with Gasteiger partial charge in [-0.1, -0.05) is 24.3 Å². The summed E-state index contributed by atoms with van der Waals surface area (Å²) >= 11 is 3.46. The molecule has 0 saturated heterocycles. The molecule has 36 heavy (non-hydrogen) atoms. The van der Waals surface area contributed by atoms with E-state index in [1.165, 1.54) is 18.3 Å². The van der Waals surface area contributed by atoms with Crippen molar-refractivity contribution in [2.45, 2.75) is 20.5 Å². The number of para-hydroxylation sites is 2. The van der Waals surface area contributed by atoms with E-state index in [2.05, 4.69) is 31.8 Å². The summed E-state index contributed by atoms with van der Waals surface area (Å²) in [5.74, 6) is -0.777. The lowest BCUT2D eigenvalue weighted by Crippen LogP contribution is -2.32. The molecule has 0 fully saturated rings. The third-order valence-electron chi connectivity index (χ3n) is 4.65. The van der Waals surface area contributed by atoms with Crippen LogP contribution in [0.5, 0.6) is 17.2 Å². The van der Waals surface area contributed by atoms with Gasteiger partial charge in [0.05, 0.1) is 29.6 Å². The zero-order valence-corrected chi connectivity index (χ0v) is 21.3. The first-order valence-corrected chi connectivity index (χ1v) is 11.9. The summed E-state index contributed by atoms with van der Waals surface area (Å²) < 4.78 is 30.7. The van der Waals surface area contributed by atoms with Crippen molar-refractivity contribution in [3.63, 3.8) is 0 Å². The lowest BCUT2D eigenvalue weighted by molar-refractivity contribution is -0.136. The van der Waals surface area contributed by atoms with Crippen LogP contribution in [0.4, 0.5) is 10.1 Å². The van der Waals surface area contributed by atoms with Crippen molar-refractivity contribution in [1.29, 1.82) is 0 Å². The zero-order chi connectivity index (χ0) is 25.9. The molecule has 188 valence electrons. The van der Waals surface area contributed by atoms with Gasteiger partial charge >= 0.3 is 11.8 Å². The second kappa shape index (κ2) is 13.2. The maximum absolute atomic E-state index is 13.1. The highest BCUT2D eigenvalue weighted by Crippen LogP contribution is 2.37. The van der Waals surface area contributed by atoms with E-state index < -0.39 is 11.8 Å². The number of rotatable bonds is 10. The molecular formula is C26H25BrFN3O5. The predicted molar refractivity (Wildman–Crippen MR) is 138 cm³/mol. The minimum atomic E-state index is -0.944. The molecule has 0 aromatic heterocycles. The Morgan fingerprint density at radius 1 is 0.944 bits per heavy atom. The van der Waals surface area contributed by atoms with E-state index in [1.807, 2.05) is 13.8 Å². The molecule has 2 N–H and O–H groups in total. The molecule has 3 rings (SSSR count). The standard InChI is InChI=1S/C26H25BrFN3O5/c1-3-34-22-8-6-5-7-21(22)30-25(32)26(33)31-29-15-18-13-20(27)24(23(14-18)35-4-2)36-16-17-9-11-19(28)12-10-17/h5-15H,3-4,16H2,1-2H3,(H,30,32)(H,31,33)/b29-15+. The number of hydrogen-bond donors (Lipinski definition) is 2. The molecular weight excluding hydrogens is 533 g/mol.